The molecular formula is C44H79O13P. The minimum absolute atomic E-state index is 0.0885. The number of phosphoric ester groups is 1. The molecule has 0 heterocycles. The molecule has 8 atom stereocenters. The first kappa shape index (κ1) is 54.1. The first-order chi connectivity index (χ1) is 27.9. The van der Waals surface area contributed by atoms with E-state index in [4.69, 9.17) is 18.5 Å². The summed E-state index contributed by atoms with van der Waals surface area (Å²) in [6, 6.07) is 0. The van der Waals surface area contributed by atoms with Gasteiger partial charge in [0, 0.05) is 12.8 Å². The Morgan fingerprint density at radius 1 is 0.534 bits per heavy atom. The Morgan fingerprint density at radius 3 is 1.47 bits per heavy atom. The fraction of sp³-hybridized carbons (Fsp3) is 0.818. The lowest BCUT2D eigenvalue weighted by molar-refractivity contribution is -0.220. The van der Waals surface area contributed by atoms with E-state index < -0.39 is 75.7 Å². The van der Waals surface area contributed by atoms with Gasteiger partial charge in [-0.25, -0.2) is 4.57 Å². The summed E-state index contributed by atoms with van der Waals surface area (Å²) in [5.74, 6) is -1.12. The number of carbonyl (C=O) groups excluding carboxylic acids is 2. The van der Waals surface area contributed by atoms with Crippen molar-refractivity contribution in [3.8, 4) is 0 Å². The third-order valence-corrected chi connectivity index (χ3v) is 11.2. The average molecular weight is 847 g/mol. The number of unbranched alkanes of at least 4 members (excludes halogenated alkanes) is 18. The van der Waals surface area contributed by atoms with Gasteiger partial charge in [-0.05, 0) is 64.2 Å². The van der Waals surface area contributed by atoms with Gasteiger partial charge in [0.05, 0.1) is 6.61 Å². The van der Waals surface area contributed by atoms with E-state index in [1.54, 1.807) is 0 Å². The number of allylic oxidation sites excluding steroid dienone is 6. The molecule has 58 heavy (non-hydrogen) atoms. The van der Waals surface area contributed by atoms with Crippen molar-refractivity contribution in [2.75, 3.05) is 13.2 Å². The van der Waals surface area contributed by atoms with E-state index >= 15 is 0 Å². The number of aliphatic hydroxyl groups is 5. The van der Waals surface area contributed by atoms with Crippen LogP contribution in [0.15, 0.2) is 36.5 Å². The zero-order chi connectivity index (χ0) is 42.9. The Morgan fingerprint density at radius 2 is 0.948 bits per heavy atom. The second kappa shape index (κ2) is 34.7. The highest BCUT2D eigenvalue weighted by Gasteiger charge is 2.51. The number of ether oxygens (including phenoxy) is 2. The number of carbonyl (C=O) groups is 2. The van der Waals surface area contributed by atoms with Crippen LogP contribution in [0.2, 0.25) is 0 Å². The first-order valence-electron chi connectivity index (χ1n) is 22.3. The first-order valence-corrected chi connectivity index (χ1v) is 23.8. The minimum Gasteiger partial charge on any atom is -0.462 e. The summed E-state index contributed by atoms with van der Waals surface area (Å²) < 4.78 is 33.5. The second-order valence-corrected chi connectivity index (χ2v) is 16.9. The summed E-state index contributed by atoms with van der Waals surface area (Å²) in [5.41, 5.74) is 0. The molecule has 0 aromatic carbocycles. The van der Waals surface area contributed by atoms with E-state index in [-0.39, 0.29) is 12.8 Å². The molecule has 1 fully saturated rings. The second-order valence-electron chi connectivity index (χ2n) is 15.5. The van der Waals surface area contributed by atoms with Crippen LogP contribution in [0, 0.1) is 0 Å². The molecule has 0 spiro atoms. The molecule has 0 bridgehead atoms. The summed E-state index contributed by atoms with van der Waals surface area (Å²) in [6.07, 6.45) is 24.8. The maximum absolute atomic E-state index is 12.8. The molecule has 1 saturated carbocycles. The molecule has 338 valence electrons. The summed E-state index contributed by atoms with van der Waals surface area (Å²) in [7, 11) is -5.12. The standard InChI is InChI=1S/C44H79O13P/c1-3-5-7-9-11-13-15-17-19-21-23-25-27-29-31-33-38(46)56-36(35-55-58(52,53)57-44-42(50)40(48)39(47)41(49)43(44)51)34-54-37(45)32-30-28-26-24-22-20-18-16-14-12-10-8-6-4-2/h10,12-13,15-16,18,36,39-44,47-51H,3-9,11,14,17,19-35H2,1-2H3,(H,52,53)/b12-10+,15-13+,18-16+/t36-,39?,40+,41?,42?,43?,44?/m1/s1. The smallest absolute Gasteiger partial charge is 0.462 e. The third kappa shape index (κ3) is 27.0. The van der Waals surface area contributed by atoms with Crippen molar-refractivity contribution >= 4 is 19.8 Å². The van der Waals surface area contributed by atoms with Crippen molar-refractivity contribution < 1.29 is 63.1 Å². The van der Waals surface area contributed by atoms with E-state index in [0.717, 1.165) is 83.5 Å². The Hall–Kier alpha value is -1.93. The largest absolute Gasteiger partial charge is 0.472 e. The van der Waals surface area contributed by atoms with Crippen LogP contribution in [0.3, 0.4) is 0 Å². The molecule has 0 aromatic rings. The summed E-state index contributed by atoms with van der Waals surface area (Å²) >= 11 is 0. The Labute approximate surface area is 348 Å². The minimum atomic E-state index is -5.12. The van der Waals surface area contributed by atoms with Gasteiger partial charge < -0.3 is 39.9 Å². The zero-order valence-corrected chi connectivity index (χ0v) is 36.5. The number of rotatable bonds is 36. The predicted octanol–water partition coefficient (Wildman–Crippen LogP) is 8.22. The molecule has 1 aliphatic rings. The fourth-order valence-electron chi connectivity index (χ4n) is 6.53. The van der Waals surface area contributed by atoms with E-state index in [1.165, 1.54) is 51.4 Å². The van der Waals surface area contributed by atoms with Crippen LogP contribution >= 0.6 is 7.82 Å². The molecule has 1 rings (SSSR count). The van der Waals surface area contributed by atoms with Gasteiger partial charge in [-0.1, -0.05) is 134 Å². The summed E-state index contributed by atoms with van der Waals surface area (Å²) in [6.45, 7) is 3.22. The van der Waals surface area contributed by atoms with Gasteiger partial charge >= 0.3 is 19.8 Å². The third-order valence-electron chi connectivity index (χ3n) is 10.2. The molecule has 0 radical (unpaired) electrons. The van der Waals surface area contributed by atoms with Crippen LogP contribution in [-0.4, -0.2) is 98.3 Å². The van der Waals surface area contributed by atoms with Gasteiger partial charge in [0.15, 0.2) is 6.10 Å². The average Bonchev–Trinajstić information content (AvgIpc) is 3.20. The lowest BCUT2D eigenvalue weighted by atomic mass is 9.85. The molecule has 6 N–H and O–H groups in total. The van der Waals surface area contributed by atoms with Crippen LogP contribution in [0.5, 0.6) is 0 Å². The van der Waals surface area contributed by atoms with Crippen molar-refractivity contribution in [3.63, 3.8) is 0 Å². The highest BCUT2D eigenvalue weighted by Crippen LogP contribution is 2.47. The number of aliphatic hydroxyl groups excluding tert-OH is 5. The molecule has 0 aromatic heterocycles. The number of hydrogen-bond donors (Lipinski definition) is 6. The number of esters is 2. The molecule has 0 aliphatic heterocycles. The van der Waals surface area contributed by atoms with Crippen LogP contribution in [0.25, 0.3) is 0 Å². The van der Waals surface area contributed by atoms with Crippen LogP contribution in [-0.2, 0) is 32.7 Å². The normalized spacial score (nSPS) is 22.8. The maximum atomic E-state index is 12.8. The van der Waals surface area contributed by atoms with E-state index in [2.05, 4.69) is 50.3 Å². The molecule has 14 heteroatoms. The highest BCUT2D eigenvalue weighted by molar-refractivity contribution is 7.47. The van der Waals surface area contributed by atoms with Crippen molar-refractivity contribution in [3.05, 3.63) is 36.5 Å². The Balaban J connectivity index is 2.49. The molecule has 1 aliphatic carbocycles. The van der Waals surface area contributed by atoms with Crippen molar-refractivity contribution in [2.24, 2.45) is 0 Å². The topological polar surface area (TPSA) is 210 Å². The van der Waals surface area contributed by atoms with E-state index in [9.17, 15) is 44.6 Å². The fourth-order valence-corrected chi connectivity index (χ4v) is 7.51. The van der Waals surface area contributed by atoms with Crippen molar-refractivity contribution in [1.82, 2.24) is 0 Å². The molecular weight excluding hydrogens is 767 g/mol. The van der Waals surface area contributed by atoms with Gasteiger partial charge in [-0.15, -0.1) is 0 Å². The quantitative estimate of drug-likeness (QED) is 0.0152. The summed E-state index contributed by atoms with van der Waals surface area (Å²) in [5, 5.41) is 50.1. The zero-order valence-electron chi connectivity index (χ0n) is 35.6. The lowest BCUT2D eigenvalue weighted by Gasteiger charge is -2.41. The van der Waals surface area contributed by atoms with Gasteiger partial charge in [0.2, 0.25) is 0 Å². The van der Waals surface area contributed by atoms with E-state index in [0.29, 0.717) is 12.8 Å². The molecule has 0 saturated heterocycles. The molecule has 6 unspecified atom stereocenters. The number of hydrogen-bond acceptors (Lipinski definition) is 12. The lowest BCUT2D eigenvalue weighted by Crippen LogP contribution is -2.64. The number of phosphoric acid groups is 1. The van der Waals surface area contributed by atoms with Crippen molar-refractivity contribution in [2.45, 2.75) is 217 Å². The van der Waals surface area contributed by atoms with Gasteiger partial charge in [-0.2, -0.15) is 0 Å². The monoisotopic (exact) mass is 847 g/mol. The Bertz CT molecular complexity index is 1160. The SMILES string of the molecule is CCCC/C=C/C/C=C/CCCCCCCC(=O)OC[C@H](COP(=O)(O)OC1C(O)C(O)C(O)[C@H](O)C1O)OC(=O)CCCCCCCCC/C=C/CCCCCC. The molecule has 13 nitrogen and oxygen atoms in total. The van der Waals surface area contributed by atoms with Crippen LogP contribution in [0.4, 0.5) is 0 Å². The van der Waals surface area contributed by atoms with E-state index in [1.807, 2.05) is 0 Å². The van der Waals surface area contributed by atoms with Gasteiger partial charge in [0.1, 0.15) is 43.2 Å². The van der Waals surface area contributed by atoms with Crippen molar-refractivity contribution in [1.29, 1.82) is 0 Å². The van der Waals surface area contributed by atoms with Crippen LogP contribution in [0.1, 0.15) is 174 Å². The van der Waals surface area contributed by atoms with Crippen LogP contribution < -0.4 is 0 Å². The van der Waals surface area contributed by atoms with Gasteiger partial charge in [0.25, 0.3) is 0 Å². The highest BCUT2D eigenvalue weighted by atomic mass is 31.2. The summed E-state index contributed by atoms with van der Waals surface area (Å²) in [4.78, 5) is 35.6. The Kier molecular flexibility index (Phi) is 32.4. The molecule has 0 amide bonds. The maximum Gasteiger partial charge on any atom is 0.472 e. The van der Waals surface area contributed by atoms with Gasteiger partial charge in [-0.3, -0.25) is 18.6 Å². The predicted molar refractivity (Wildman–Crippen MR) is 226 cm³/mol.